The van der Waals surface area contributed by atoms with Crippen LogP contribution in [-0.2, 0) is 0 Å². The second kappa shape index (κ2) is 6.65. The molecule has 6 nitrogen and oxygen atoms in total. The predicted molar refractivity (Wildman–Crippen MR) is 104 cm³/mol. The molecular formula is C19H16ClN5O. The van der Waals surface area contributed by atoms with Gasteiger partial charge in [0.2, 0.25) is 11.9 Å². The first-order valence-corrected chi connectivity index (χ1v) is 8.51. The van der Waals surface area contributed by atoms with Crippen molar-refractivity contribution < 1.29 is 0 Å². The Hall–Kier alpha value is -3.12. The van der Waals surface area contributed by atoms with E-state index >= 15 is 0 Å². The van der Waals surface area contributed by atoms with Crippen molar-refractivity contribution in [3.05, 3.63) is 87.3 Å². The molecule has 4 rings (SSSR count). The van der Waals surface area contributed by atoms with E-state index in [0.717, 1.165) is 11.3 Å². The second-order valence-electron chi connectivity index (χ2n) is 5.92. The van der Waals surface area contributed by atoms with Crippen molar-refractivity contribution in [2.24, 2.45) is 4.99 Å². The van der Waals surface area contributed by atoms with Gasteiger partial charge in [0.1, 0.15) is 0 Å². The average molecular weight is 366 g/mol. The molecular weight excluding hydrogens is 350 g/mol. The number of halogens is 1. The summed E-state index contributed by atoms with van der Waals surface area (Å²) in [6.45, 7) is 1.79. The molecule has 0 radical (unpaired) electrons. The summed E-state index contributed by atoms with van der Waals surface area (Å²) in [5.74, 6) is 0.915. The molecule has 0 amide bonds. The number of aliphatic imine (C=N–C) groups is 1. The highest BCUT2D eigenvalue weighted by Crippen LogP contribution is 2.27. The van der Waals surface area contributed by atoms with E-state index in [-0.39, 0.29) is 5.56 Å². The van der Waals surface area contributed by atoms with Crippen molar-refractivity contribution in [3.63, 3.8) is 0 Å². The van der Waals surface area contributed by atoms with Gasteiger partial charge in [-0.2, -0.15) is 0 Å². The SMILES string of the molecule is Cc1cc(=O)n2c(n1)NC(Nc1ccccc1Cl)=N[C@H]2c1ccccc1. The van der Waals surface area contributed by atoms with Crippen LogP contribution >= 0.6 is 11.6 Å². The Kier molecular flexibility index (Phi) is 4.18. The fourth-order valence-corrected chi connectivity index (χ4v) is 3.03. The van der Waals surface area contributed by atoms with Crippen molar-refractivity contribution in [1.82, 2.24) is 9.55 Å². The van der Waals surface area contributed by atoms with Crippen LogP contribution in [0.15, 0.2) is 70.5 Å². The van der Waals surface area contributed by atoms with Crippen LogP contribution < -0.4 is 16.2 Å². The van der Waals surface area contributed by atoms with E-state index in [9.17, 15) is 4.79 Å². The lowest BCUT2D eigenvalue weighted by Gasteiger charge is -2.27. The average Bonchev–Trinajstić information content (AvgIpc) is 2.63. The third-order valence-electron chi connectivity index (χ3n) is 4.03. The van der Waals surface area contributed by atoms with Crippen molar-refractivity contribution in [3.8, 4) is 0 Å². The topological polar surface area (TPSA) is 71.3 Å². The van der Waals surface area contributed by atoms with Crippen molar-refractivity contribution in [1.29, 1.82) is 0 Å². The molecule has 2 heterocycles. The number of guanidine groups is 1. The van der Waals surface area contributed by atoms with Crippen LogP contribution in [0.3, 0.4) is 0 Å². The first-order chi connectivity index (χ1) is 12.6. The third-order valence-corrected chi connectivity index (χ3v) is 4.36. The lowest BCUT2D eigenvalue weighted by Crippen LogP contribution is -2.37. The minimum Gasteiger partial charge on any atom is -0.325 e. The maximum absolute atomic E-state index is 12.6. The highest BCUT2D eigenvalue weighted by atomic mass is 35.5. The summed E-state index contributed by atoms with van der Waals surface area (Å²) >= 11 is 6.23. The van der Waals surface area contributed by atoms with Crippen LogP contribution in [0.4, 0.5) is 11.6 Å². The number of hydrogen-bond donors (Lipinski definition) is 2. The normalized spacial score (nSPS) is 15.6. The molecule has 2 N–H and O–H groups in total. The van der Waals surface area contributed by atoms with Gasteiger partial charge in [0, 0.05) is 11.8 Å². The number of nitrogens with zero attached hydrogens (tertiary/aromatic N) is 3. The number of aromatic nitrogens is 2. The summed E-state index contributed by atoms with van der Waals surface area (Å²) in [4.78, 5) is 21.7. The predicted octanol–water partition coefficient (Wildman–Crippen LogP) is 3.65. The maximum Gasteiger partial charge on any atom is 0.257 e. The Morgan fingerprint density at radius 2 is 1.85 bits per heavy atom. The molecule has 0 fully saturated rings. The number of nitrogens with one attached hydrogen (secondary N) is 2. The van der Waals surface area contributed by atoms with E-state index < -0.39 is 6.17 Å². The van der Waals surface area contributed by atoms with E-state index in [2.05, 4.69) is 20.6 Å². The number of benzene rings is 2. The molecule has 3 aromatic rings. The largest absolute Gasteiger partial charge is 0.325 e. The summed E-state index contributed by atoms with van der Waals surface area (Å²) in [6.07, 6.45) is -0.516. The van der Waals surface area contributed by atoms with Gasteiger partial charge in [-0.3, -0.25) is 14.7 Å². The monoisotopic (exact) mass is 365 g/mol. The quantitative estimate of drug-likeness (QED) is 0.727. The van der Waals surface area contributed by atoms with Gasteiger partial charge in [-0.1, -0.05) is 54.1 Å². The Labute approximate surface area is 155 Å². The molecule has 0 saturated heterocycles. The summed E-state index contributed by atoms with van der Waals surface area (Å²) in [5.41, 5.74) is 2.09. The Bertz CT molecular complexity index is 1050. The van der Waals surface area contributed by atoms with Crippen LogP contribution in [0.2, 0.25) is 5.02 Å². The molecule has 1 aromatic heterocycles. The van der Waals surface area contributed by atoms with Crippen molar-refractivity contribution >= 4 is 29.2 Å². The van der Waals surface area contributed by atoms with Gasteiger partial charge in [0.25, 0.3) is 5.56 Å². The molecule has 7 heteroatoms. The number of rotatable bonds is 2. The molecule has 2 aromatic carbocycles. The first kappa shape index (κ1) is 16.4. The zero-order valence-electron chi connectivity index (χ0n) is 14.0. The highest BCUT2D eigenvalue weighted by molar-refractivity contribution is 6.33. The van der Waals surface area contributed by atoms with Gasteiger partial charge in [-0.25, -0.2) is 9.98 Å². The van der Waals surface area contributed by atoms with Crippen LogP contribution in [0.1, 0.15) is 17.4 Å². The fourth-order valence-electron chi connectivity index (χ4n) is 2.85. The number of hydrogen-bond acceptors (Lipinski definition) is 5. The lowest BCUT2D eigenvalue weighted by molar-refractivity contribution is 0.577. The van der Waals surface area contributed by atoms with Crippen molar-refractivity contribution in [2.75, 3.05) is 10.6 Å². The first-order valence-electron chi connectivity index (χ1n) is 8.13. The van der Waals surface area contributed by atoms with Gasteiger partial charge < -0.3 is 5.32 Å². The van der Waals surface area contributed by atoms with Crippen LogP contribution in [0, 0.1) is 6.92 Å². The zero-order valence-corrected chi connectivity index (χ0v) is 14.7. The van der Waals surface area contributed by atoms with Crippen molar-refractivity contribution in [2.45, 2.75) is 13.1 Å². The lowest BCUT2D eigenvalue weighted by atomic mass is 10.1. The molecule has 130 valence electrons. The van der Waals surface area contributed by atoms with Crippen LogP contribution in [0.5, 0.6) is 0 Å². The molecule has 0 unspecified atom stereocenters. The number of para-hydroxylation sites is 1. The van der Waals surface area contributed by atoms with E-state index in [4.69, 9.17) is 11.6 Å². The number of fused-ring (bicyclic) bond motifs is 1. The smallest absolute Gasteiger partial charge is 0.257 e. The van der Waals surface area contributed by atoms with E-state index in [1.807, 2.05) is 48.5 Å². The van der Waals surface area contributed by atoms with Gasteiger partial charge in [-0.05, 0) is 24.6 Å². The Balaban J connectivity index is 1.81. The maximum atomic E-state index is 12.6. The molecule has 1 atom stereocenters. The highest BCUT2D eigenvalue weighted by Gasteiger charge is 2.25. The minimum atomic E-state index is -0.516. The van der Waals surface area contributed by atoms with E-state index in [1.165, 1.54) is 6.07 Å². The van der Waals surface area contributed by atoms with Gasteiger partial charge in [0.15, 0.2) is 6.17 Å². The van der Waals surface area contributed by atoms with Gasteiger partial charge in [0.05, 0.1) is 10.7 Å². The second-order valence-corrected chi connectivity index (χ2v) is 6.33. The van der Waals surface area contributed by atoms with E-state index in [0.29, 0.717) is 22.6 Å². The Morgan fingerprint density at radius 1 is 1.12 bits per heavy atom. The van der Waals surface area contributed by atoms with E-state index in [1.54, 1.807) is 17.6 Å². The van der Waals surface area contributed by atoms with Crippen LogP contribution in [-0.4, -0.2) is 15.5 Å². The fraction of sp³-hybridized carbons (Fsp3) is 0.105. The molecule has 1 aliphatic heterocycles. The summed E-state index contributed by atoms with van der Waals surface area (Å²) in [5, 5.41) is 6.84. The zero-order chi connectivity index (χ0) is 18.1. The number of anilines is 2. The molecule has 0 spiro atoms. The standard InChI is InChI=1S/C19H16ClN5O/c1-12-11-16(26)25-17(13-7-3-2-4-8-13)23-18(24-19(25)21-12)22-15-10-6-5-9-14(15)20/h2-11,17H,1H3,(H2,21,22,23,24)/t17-/m1/s1. The molecule has 0 saturated carbocycles. The summed E-state index contributed by atoms with van der Waals surface area (Å²) in [6, 6.07) is 18.5. The summed E-state index contributed by atoms with van der Waals surface area (Å²) in [7, 11) is 0. The Morgan fingerprint density at radius 3 is 2.62 bits per heavy atom. The van der Waals surface area contributed by atoms with Crippen LogP contribution in [0.25, 0.3) is 0 Å². The molecule has 0 aliphatic carbocycles. The molecule has 1 aliphatic rings. The third kappa shape index (κ3) is 3.07. The minimum absolute atomic E-state index is 0.158. The van der Waals surface area contributed by atoms with Gasteiger partial charge >= 0.3 is 0 Å². The van der Waals surface area contributed by atoms with Gasteiger partial charge in [-0.15, -0.1) is 0 Å². The summed E-state index contributed by atoms with van der Waals surface area (Å²) < 4.78 is 1.54. The molecule has 26 heavy (non-hydrogen) atoms. The molecule has 0 bridgehead atoms. The number of aryl methyl sites for hydroxylation is 1.